The van der Waals surface area contributed by atoms with Crippen LogP contribution in [0.1, 0.15) is 11.4 Å². The topological polar surface area (TPSA) is 94.8 Å². The van der Waals surface area contributed by atoms with Gasteiger partial charge in [0.1, 0.15) is 11.6 Å². The number of nitrogens with one attached hydrogen (secondary N) is 1. The molecular weight excluding hydrogens is 599 g/mol. The van der Waals surface area contributed by atoms with Gasteiger partial charge in [-0.15, -0.1) is 0 Å². The molecular formula is C25H19Br2FN4O4. The summed E-state index contributed by atoms with van der Waals surface area (Å²) in [6.07, 6.45) is 1.50. The first-order valence-corrected chi connectivity index (χ1v) is 12.1. The van der Waals surface area contributed by atoms with Crippen molar-refractivity contribution in [2.45, 2.75) is 6.92 Å². The van der Waals surface area contributed by atoms with Crippen LogP contribution >= 0.6 is 31.9 Å². The highest BCUT2D eigenvalue weighted by Crippen LogP contribution is 2.36. The summed E-state index contributed by atoms with van der Waals surface area (Å²) in [5.41, 5.74) is 1.35. The van der Waals surface area contributed by atoms with Crippen molar-refractivity contribution in [3.05, 3.63) is 91.1 Å². The summed E-state index contributed by atoms with van der Waals surface area (Å²) >= 11 is 6.81. The Morgan fingerprint density at radius 2 is 1.92 bits per heavy atom. The van der Waals surface area contributed by atoms with Crippen molar-refractivity contribution in [1.29, 1.82) is 0 Å². The highest BCUT2D eigenvalue weighted by molar-refractivity contribution is 9.10. The number of hydrogen-bond acceptors (Lipinski definition) is 6. The molecule has 0 aliphatic carbocycles. The molecule has 0 saturated carbocycles. The van der Waals surface area contributed by atoms with Crippen molar-refractivity contribution < 1.29 is 18.7 Å². The Balaban J connectivity index is 1.54. The first kappa shape index (κ1) is 25.5. The Morgan fingerprint density at radius 3 is 2.64 bits per heavy atom. The maximum Gasteiger partial charge on any atom is 0.282 e. The average Bonchev–Trinajstić information content (AvgIpc) is 2.85. The molecule has 3 aromatic carbocycles. The fraction of sp³-hybridized carbons (Fsp3) is 0.120. The fourth-order valence-electron chi connectivity index (χ4n) is 3.34. The molecule has 1 heterocycles. The summed E-state index contributed by atoms with van der Waals surface area (Å²) in [5, 5.41) is 7.38. The van der Waals surface area contributed by atoms with E-state index in [1.165, 1.54) is 42.3 Å². The summed E-state index contributed by atoms with van der Waals surface area (Å²) in [4.78, 5) is 29.6. The van der Waals surface area contributed by atoms with Gasteiger partial charge >= 0.3 is 0 Å². The van der Waals surface area contributed by atoms with Crippen molar-refractivity contribution >= 4 is 60.6 Å². The number of methoxy groups -OCH3 is 1. The minimum Gasteiger partial charge on any atom is -0.493 e. The minimum atomic E-state index is -0.425. The lowest BCUT2D eigenvalue weighted by atomic mass is 10.2. The van der Waals surface area contributed by atoms with E-state index in [1.54, 1.807) is 31.2 Å². The molecule has 0 saturated heterocycles. The van der Waals surface area contributed by atoms with Crippen LogP contribution in [-0.2, 0) is 4.79 Å². The third-order valence-electron chi connectivity index (χ3n) is 5.02. The van der Waals surface area contributed by atoms with E-state index in [0.29, 0.717) is 43.9 Å². The van der Waals surface area contributed by atoms with Gasteiger partial charge in [0.25, 0.3) is 11.5 Å². The number of rotatable bonds is 7. The highest BCUT2D eigenvalue weighted by atomic mass is 79.9. The quantitative estimate of drug-likeness (QED) is 0.285. The van der Waals surface area contributed by atoms with E-state index >= 15 is 0 Å². The lowest BCUT2D eigenvalue weighted by Gasteiger charge is -2.13. The summed E-state index contributed by atoms with van der Waals surface area (Å²) in [6, 6.07) is 14.1. The van der Waals surface area contributed by atoms with Gasteiger partial charge in [0, 0.05) is 10.2 Å². The fourth-order valence-corrected chi connectivity index (χ4v) is 4.28. The van der Waals surface area contributed by atoms with Crippen LogP contribution in [0, 0.1) is 12.7 Å². The van der Waals surface area contributed by atoms with E-state index in [1.807, 2.05) is 6.07 Å². The maximum absolute atomic E-state index is 13.0. The number of aromatic nitrogens is 2. The van der Waals surface area contributed by atoms with Gasteiger partial charge in [-0.3, -0.25) is 9.59 Å². The highest BCUT2D eigenvalue weighted by Gasteiger charge is 2.14. The monoisotopic (exact) mass is 616 g/mol. The zero-order chi connectivity index (χ0) is 25.8. The van der Waals surface area contributed by atoms with Gasteiger partial charge in [0.05, 0.1) is 28.7 Å². The Hall–Kier alpha value is -3.57. The molecule has 1 aromatic heterocycles. The molecule has 0 aliphatic heterocycles. The molecule has 0 fully saturated rings. The zero-order valence-corrected chi connectivity index (χ0v) is 22.3. The Labute approximate surface area is 222 Å². The zero-order valence-electron chi connectivity index (χ0n) is 19.1. The molecule has 184 valence electrons. The van der Waals surface area contributed by atoms with Crippen LogP contribution in [0.3, 0.4) is 0 Å². The number of ether oxygens (including phenoxy) is 2. The standard InChI is InChI=1S/C25H19Br2FN4O4/c1-14-30-21-8-3-16(26)11-19(21)25(34)32(14)29-12-15-9-20(27)24(22(10-15)35-2)36-13-23(33)31-18-6-4-17(28)5-7-18/h3-12H,13H2,1-2H3,(H,31,33). The summed E-state index contributed by atoms with van der Waals surface area (Å²) in [6.45, 7) is 1.40. The molecule has 4 rings (SSSR count). The number of fused-ring (bicyclic) bond motifs is 1. The number of hydrogen-bond donors (Lipinski definition) is 1. The van der Waals surface area contributed by atoms with Crippen molar-refractivity contribution in [3.63, 3.8) is 0 Å². The largest absolute Gasteiger partial charge is 0.493 e. The normalized spacial score (nSPS) is 11.1. The van der Waals surface area contributed by atoms with E-state index in [4.69, 9.17) is 9.47 Å². The molecule has 0 atom stereocenters. The predicted octanol–water partition coefficient (Wildman–Crippen LogP) is 5.28. The molecule has 1 N–H and O–H groups in total. The van der Waals surface area contributed by atoms with Gasteiger partial charge in [0.2, 0.25) is 0 Å². The van der Waals surface area contributed by atoms with Crippen LogP contribution in [-0.4, -0.2) is 35.5 Å². The van der Waals surface area contributed by atoms with E-state index in [0.717, 1.165) is 4.47 Å². The van der Waals surface area contributed by atoms with E-state index < -0.39 is 11.7 Å². The van der Waals surface area contributed by atoms with E-state index in [9.17, 15) is 14.0 Å². The van der Waals surface area contributed by atoms with Gasteiger partial charge in [-0.25, -0.2) is 9.37 Å². The van der Waals surface area contributed by atoms with Crippen molar-refractivity contribution in [1.82, 2.24) is 9.66 Å². The average molecular weight is 618 g/mol. The van der Waals surface area contributed by atoms with Gasteiger partial charge < -0.3 is 14.8 Å². The second kappa shape index (κ2) is 11.0. The summed E-state index contributed by atoms with van der Waals surface area (Å²) < 4.78 is 26.6. The number of benzene rings is 3. The summed E-state index contributed by atoms with van der Waals surface area (Å²) in [7, 11) is 1.47. The number of carbonyl (C=O) groups excluding carboxylic acids is 1. The molecule has 0 unspecified atom stereocenters. The second-order valence-corrected chi connectivity index (χ2v) is 9.33. The smallest absolute Gasteiger partial charge is 0.282 e. The SMILES string of the molecule is COc1cc(C=Nn2c(C)nc3ccc(Br)cc3c2=O)cc(Br)c1OCC(=O)Nc1ccc(F)cc1. The van der Waals surface area contributed by atoms with Gasteiger partial charge in [-0.1, -0.05) is 15.9 Å². The number of anilines is 1. The molecule has 1 amide bonds. The van der Waals surface area contributed by atoms with Crippen LogP contribution < -0.4 is 20.3 Å². The number of nitrogens with zero attached hydrogens (tertiary/aromatic N) is 3. The van der Waals surface area contributed by atoms with Gasteiger partial charge in [-0.05, 0) is 83.0 Å². The van der Waals surface area contributed by atoms with Gasteiger partial charge in [-0.2, -0.15) is 9.78 Å². The third-order valence-corrected chi connectivity index (χ3v) is 6.10. The lowest BCUT2D eigenvalue weighted by molar-refractivity contribution is -0.118. The first-order chi connectivity index (χ1) is 17.2. The van der Waals surface area contributed by atoms with Crippen molar-refractivity contribution in [2.24, 2.45) is 5.10 Å². The van der Waals surface area contributed by atoms with Gasteiger partial charge in [0.15, 0.2) is 18.1 Å². The first-order valence-electron chi connectivity index (χ1n) is 10.5. The molecule has 0 aliphatic rings. The van der Waals surface area contributed by atoms with Crippen molar-refractivity contribution in [3.8, 4) is 11.5 Å². The van der Waals surface area contributed by atoms with Crippen LogP contribution in [0.5, 0.6) is 11.5 Å². The molecule has 0 spiro atoms. The Kier molecular flexibility index (Phi) is 7.80. The van der Waals surface area contributed by atoms with E-state index in [-0.39, 0.29) is 12.2 Å². The van der Waals surface area contributed by atoms with Crippen LogP contribution in [0.15, 0.2) is 73.4 Å². The lowest BCUT2D eigenvalue weighted by Crippen LogP contribution is -2.21. The minimum absolute atomic E-state index is 0.298. The van der Waals surface area contributed by atoms with Crippen LogP contribution in [0.2, 0.25) is 0 Å². The molecule has 36 heavy (non-hydrogen) atoms. The van der Waals surface area contributed by atoms with E-state index in [2.05, 4.69) is 47.3 Å². The number of halogens is 3. The molecule has 11 heteroatoms. The van der Waals surface area contributed by atoms with Crippen LogP contribution in [0.4, 0.5) is 10.1 Å². The summed E-state index contributed by atoms with van der Waals surface area (Å²) in [5.74, 6) is 0.279. The number of carbonyl (C=O) groups is 1. The molecule has 8 nitrogen and oxygen atoms in total. The Bertz CT molecular complexity index is 1540. The van der Waals surface area contributed by atoms with Crippen LogP contribution in [0.25, 0.3) is 10.9 Å². The predicted molar refractivity (Wildman–Crippen MR) is 143 cm³/mol. The molecule has 0 bridgehead atoms. The number of aryl methyl sites for hydroxylation is 1. The maximum atomic E-state index is 13.0. The second-order valence-electron chi connectivity index (χ2n) is 7.56. The molecule has 0 radical (unpaired) electrons. The Morgan fingerprint density at radius 1 is 1.17 bits per heavy atom. The number of amides is 1. The molecule has 4 aromatic rings. The third kappa shape index (κ3) is 5.80. The van der Waals surface area contributed by atoms with Crippen molar-refractivity contribution in [2.75, 3.05) is 19.0 Å².